The molecule has 0 N–H and O–H groups in total. The van der Waals surface area contributed by atoms with Gasteiger partial charge in [0.15, 0.2) is 5.58 Å². The standard InChI is InChI=1S/C41H26N2O2/c1-2-12-27(13-3-1)30-17-6-8-20-35(30)43(36-21-10-15-28-14-4-5-16-31(28)36)29-24-25-37-33(26-29)40-32(18-11-23-39(40)44-37)41-42-34-19-7-9-22-38(34)45-41/h1-26H. The van der Waals surface area contributed by atoms with Crippen LogP contribution >= 0.6 is 0 Å². The highest BCUT2D eigenvalue weighted by atomic mass is 16.3. The first kappa shape index (κ1) is 25.4. The third-order valence-electron chi connectivity index (χ3n) is 8.50. The Morgan fingerprint density at radius 3 is 2.11 bits per heavy atom. The first-order valence-corrected chi connectivity index (χ1v) is 15.1. The molecule has 9 rings (SSSR count). The van der Waals surface area contributed by atoms with Crippen molar-refractivity contribution < 1.29 is 8.83 Å². The lowest BCUT2D eigenvalue weighted by Crippen LogP contribution is -2.11. The van der Waals surface area contributed by atoms with E-state index in [0.717, 1.165) is 66.8 Å². The van der Waals surface area contributed by atoms with Gasteiger partial charge in [-0.3, -0.25) is 0 Å². The maximum Gasteiger partial charge on any atom is 0.228 e. The van der Waals surface area contributed by atoms with Crippen molar-refractivity contribution in [1.82, 2.24) is 4.98 Å². The van der Waals surface area contributed by atoms with Gasteiger partial charge in [-0.25, -0.2) is 4.98 Å². The van der Waals surface area contributed by atoms with Gasteiger partial charge in [0.25, 0.3) is 0 Å². The smallest absolute Gasteiger partial charge is 0.228 e. The molecule has 0 unspecified atom stereocenters. The molecule has 0 saturated carbocycles. The van der Waals surface area contributed by atoms with Crippen LogP contribution in [0.4, 0.5) is 17.1 Å². The van der Waals surface area contributed by atoms with E-state index >= 15 is 0 Å². The molecule has 2 heterocycles. The van der Waals surface area contributed by atoms with Crippen LogP contribution in [0.2, 0.25) is 0 Å². The molecular weight excluding hydrogens is 552 g/mol. The molecule has 212 valence electrons. The molecule has 45 heavy (non-hydrogen) atoms. The van der Waals surface area contributed by atoms with E-state index in [1.807, 2.05) is 36.4 Å². The van der Waals surface area contributed by atoms with E-state index in [1.54, 1.807) is 0 Å². The fraction of sp³-hybridized carbons (Fsp3) is 0. The molecule has 0 fully saturated rings. The summed E-state index contributed by atoms with van der Waals surface area (Å²) in [4.78, 5) is 7.20. The van der Waals surface area contributed by atoms with Crippen molar-refractivity contribution >= 4 is 60.9 Å². The molecule has 4 nitrogen and oxygen atoms in total. The number of anilines is 3. The largest absolute Gasteiger partial charge is 0.456 e. The summed E-state index contributed by atoms with van der Waals surface area (Å²) in [5.74, 6) is 0.579. The minimum Gasteiger partial charge on any atom is -0.456 e. The van der Waals surface area contributed by atoms with Crippen molar-refractivity contribution in [2.24, 2.45) is 0 Å². The number of furan rings is 1. The van der Waals surface area contributed by atoms with Crippen LogP contribution in [0.25, 0.3) is 66.4 Å². The summed E-state index contributed by atoms with van der Waals surface area (Å²) in [6, 6.07) is 54.6. The molecule has 0 atom stereocenters. The number of nitrogens with zero attached hydrogens (tertiary/aromatic N) is 2. The monoisotopic (exact) mass is 578 g/mol. The summed E-state index contributed by atoms with van der Waals surface area (Å²) in [6.45, 7) is 0. The molecule has 0 amide bonds. The number of oxazole rings is 1. The van der Waals surface area contributed by atoms with Crippen molar-refractivity contribution in [1.29, 1.82) is 0 Å². The van der Waals surface area contributed by atoms with Gasteiger partial charge in [-0.2, -0.15) is 0 Å². The molecule has 0 aliphatic heterocycles. The second kappa shape index (κ2) is 10.2. The third-order valence-corrected chi connectivity index (χ3v) is 8.50. The first-order valence-electron chi connectivity index (χ1n) is 15.1. The van der Waals surface area contributed by atoms with Crippen molar-refractivity contribution in [3.05, 3.63) is 158 Å². The van der Waals surface area contributed by atoms with E-state index in [0.29, 0.717) is 5.89 Å². The zero-order valence-electron chi connectivity index (χ0n) is 24.2. The topological polar surface area (TPSA) is 42.4 Å². The Balaban J connectivity index is 1.32. The van der Waals surface area contributed by atoms with Crippen molar-refractivity contribution in [3.63, 3.8) is 0 Å². The van der Waals surface area contributed by atoms with E-state index in [4.69, 9.17) is 13.8 Å². The average molecular weight is 579 g/mol. The molecule has 0 aliphatic carbocycles. The molecule has 0 saturated heterocycles. The summed E-state index contributed by atoms with van der Waals surface area (Å²) in [5, 5.41) is 4.34. The highest BCUT2D eigenvalue weighted by molar-refractivity contribution is 6.13. The summed E-state index contributed by atoms with van der Waals surface area (Å²) in [7, 11) is 0. The molecule has 7 aromatic carbocycles. The molecule has 0 aliphatic rings. The van der Waals surface area contributed by atoms with E-state index in [1.165, 1.54) is 10.8 Å². The highest BCUT2D eigenvalue weighted by Crippen LogP contribution is 2.45. The Hall–Kier alpha value is -6.13. The van der Waals surface area contributed by atoms with E-state index < -0.39 is 0 Å². The Morgan fingerprint density at radius 1 is 0.467 bits per heavy atom. The molecule has 4 heteroatoms. The number of benzene rings is 7. The van der Waals surface area contributed by atoms with Crippen LogP contribution in [0.1, 0.15) is 0 Å². The van der Waals surface area contributed by atoms with Crippen LogP contribution in [-0.4, -0.2) is 4.98 Å². The van der Waals surface area contributed by atoms with Crippen LogP contribution in [0, 0.1) is 0 Å². The summed E-state index contributed by atoms with van der Waals surface area (Å²) in [6.07, 6.45) is 0. The second-order valence-corrected chi connectivity index (χ2v) is 11.2. The van der Waals surface area contributed by atoms with Gasteiger partial charge >= 0.3 is 0 Å². The zero-order chi connectivity index (χ0) is 29.7. The lowest BCUT2D eigenvalue weighted by Gasteiger charge is -2.29. The summed E-state index contributed by atoms with van der Waals surface area (Å²) >= 11 is 0. The number of para-hydroxylation sites is 3. The Kier molecular flexibility index (Phi) is 5.78. The Morgan fingerprint density at radius 2 is 1.18 bits per heavy atom. The number of fused-ring (bicyclic) bond motifs is 5. The number of rotatable bonds is 5. The van der Waals surface area contributed by atoms with Crippen molar-refractivity contribution in [2.45, 2.75) is 0 Å². The quantitative estimate of drug-likeness (QED) is 0.204. The second-order valence-electron chi connectivity index (χ2n) is 11.2. The van der Waals surface area contributed by atoms with Crippen LogP contribution in [0.5, 0.6) is 0 Å². The van der Waals surface area contributed by atoms with Gasteiger partial charge in [-0.15, -0.1) is 0 Å². The number of hydrogen-bond donors (Lipinski definition) is 0. The maximum atomic E-state index is 6.41. The summed E-state index contributed by atoms with van der Waals surface area (Å²) < 4.78 is 12.7. The maximum absolute atomic E-state index is 6.41. The zero-order valence-corrected chi connectivity index (χ0v) is 24.2. The van der Waals surface area contributed by atoms with Crippen LogP contribution in [-0.2, 0) is 0 Å². The normalized spacial score (nSPS) is 11.6. The average Bonchev–Trinajstić information content (AvgIpc) is 3.71. The molecule has 0 radical (unpaired) electrons. The fourth-order valence-electron chi connectivity index (χ4n) is 6.46. The molecule has 9 aromatic rings. The SMILES string of the molecule is c1ccc(-c2ccccc2N(c2ccc3oc4cccc(-c5nc6ccccc6o5)c4c3c2)c2cccc3ccccc23)cc1. The van der Waals surface area contributed by atoms with Gasteiger partial charge in [0.1, 0.15) is 16.7 Å². The molecule has 0 spiro atoms. The molecular formula is C41H26N2O2. The Bertz CT molecular complexity index is 2470. The van der Waals surface area contributed by atoms with Crippen LogP contribution < -0.4 is 4.90 Å². The van der Waals surface area contributed by atoms with Gasteiger partial charge in [-0.1, -0.05) is 103 Å². The highest BCUT2D eigenvalue weighted by Gasteiger charge is 2.22. The van der Waals surface area contributed by atoms with Crippen LogP contribution in [0.3, 0.4) is 0 Å². The van der Waals surface area contributed by atoms with Gasteiger partial charge in [-0.05, 0) is 65.5 Å². The van der Waals surface area contributed by atoms with Gasteiger partial charge < -0.3 is 13.7 Å². The lowest BCUT2D eigenvalue weighted by molar-refractivity contribution is 0.620. The van der Waals surface area contributed by atoms with Crippen molar-refractivity contribution in [2.75, 3.05) is 4.90 Å². The number of aromatic nitrogens is 1. The third kappa shape index (κ3) is 4.19. The first-order chi connectivity index (χ1) is 22.3. The van der Waals surface area contributed by atoms with Gasteiger partial charge in [0.2, 0.25) is 5.89 Å². The lowest BCUT2D eigenvalue weighted by atomic mass is 10.00. The number of hydrogen-bond acceptors (Lipinski definition) is 4. The van der Waals surface area contributed by atoms with E-state index in [9.17, 15) is 0 Å². The minimum atomic E-state index is 0.579. The molecule has 0 bridgehead atoms. The van der Waals surface area contributed by atoms with E-state index in [2.05, 4.69) is 126 Å². The van der Waals surface area contributed by atoms with Crippen LogP contribution in [0.15, 0.2) is 167 Å². The minimum absolute atomic E-state index is 0.579. The van der Waals surface area contributed by atoms with Gasteiger partial charge in [0, 0.05) is 33.0 Å². The fourth-order valence-corrected chi connectivity index (χ4v) is 6.46. The predicted molar refractivity (Wildman–Crippen MR) is 184 cm³/mol. The molecule has 2 aromatic heterocycles. The summed E-state index contributed by atoms with van der Waals surface area (Å²) in [5.41, 5.74) is 9.62. The van der Waals surface area contributed by atoms with E-state index in [-0.39, 0.29) is 0 Å². The van der Waals surface area contributed by atoms with Gasteiger partial charge in [0.05, 0.1) is 11.4 Å². The Labute approximate surface area is 259 Å². The predicted octanol–water partition coefficient (Wildman–Crippen LogP) is 11.7. The van der Waals surface area contributed by atoms with Crippen molar-refractivity contribution in [3.8, 4) is 22.6 Å².